The molecule has 2 heteroatoms. The van der Waals surface area contributed by atoms with Gasteiger partial charge >= 0.3 is 0 Å². The Kier molecular flexibility index (Phi) is 7.90. The number of nitrogens with zero attached hydrogens (tertiary/aromatic N) is 1. The summed E-state index contributed by atoms with van der Waals surface area (Å²) in [6, 6.07) is 10.1. The summed E-state index contributed by atoms with van der Waals surface area (Å²) in [5, 5.41) is 5.53. The van der Waals surface area contributed by atoms with E-state index in [0.29, 0.717) is 0 Å². The van der Waals surface area contributed by atoms with Crippen molar-refractivity contribution in [3.8, 4) is 0 Å². The number of para-hydroxylation sites is 1. The second-order valence-electron chi connectivity index (χ2n) is 11.3. The minimum absolute atomic E-state index is 0.726. The molecule has 2 nitrogen and oxygen atoms in total. The first-order valence-electron chi connectivity index (χ1n) is 14.2. The Labute approximate surface area is 196 Å². The van der Waals surface area contributed by atoms with Gasteiger partial charge in [0, 0.05) is 29.7 Å². The molecule has 0 aliphatic heterocycles. The van der Waals surface area contributed by atoms with E-state index in [9.17, 15) is 0 Å². The summed E-state index contributed by atoms with van der Waals surface area (Å²) in [4.78, 5) is 0. The molecule has 3 saturated carbocycles. The number of rotatable bonds is 8. The van der Waals surface area contributed by atoms with Crippen molar-refractivity contribution in [2.24, 2.45) is 11.8 Å². The summed E-state index contributed by atoms with van der Waals surface area (Å²) >= 11 is 0. The predicted octanol–water partition coefficient (Wildman–Crippen LogP) is 8.20. The average Bonchev–Trinajstić information content (AvgIpc) is 3.22. The van der Waals surface area contributed by atoms with E-state index in [1.807, 2.05) is 0 Å². The summed E-state index contributed by atoms with van der Waals surface area (Å²) in [5.74, 6) is 2.49. The number of nitrogens with one attached hydrogen (secondary N) is 1. The van der Waals surface area contributed by atoms with Gasteiger partial charge in [0.25, 0.3) is 0 Å². The van der Waals surface area contributed by atoms with Crippen LogP contribution in [0.3, 0.4) is 0 Å². The van der Waals surface area contributed by atoms with Gasteiger partial charge in [-0.15, -0.1) is 0 Å². The van der Waals surface area contributed by atoms with Crippen LogP contribution in [-0.4, -0.2) is 17.2 Å². The Balaban J connectivity index is 1.37. The summed E-state index contributed by atoms with van der Waals surface area (Å²) in [6.07, 6.45) is 25.4. The lowest BCUT2D eigenvalue weighted by Gasteiger charge is -2.31. The molecule has 0 radical (unpaired) electrons. The van der Waals surface area contributed by atoms with Gasteiger partial charge in [-0.3, -0.25) is 0 Å². The Morgan fingerprint density at radius 1 is 0.781 bits per heavy atom. The quantitative estimate of drug-likeness (QED) is 0.443. The molecule has 32 heavy (non-hydrogen) atoms. The number of hydrogen-bond acceptors (Lipinski definition) is 1. The molecule has 1 atom stereocenters. The fourth-order valence-electron chi connectivity index (χ4n) is 7.30. The zero-order chi connectivity index (χ0) is 21.6. The van der Waals surface area contributed by atoms with E-state index in [0.717, 1.165) is 23.8 Å². The Bertz CT molecular complexity index is 818. The topological polar surface area (TPSA) is 17.0 Å². The third-order valence-corrected chi connectivity index (χ3v) is 9.11. The van der Waals surface area contributed by atoms with Gasteiger partial charge in [-0.25, -0.2) is 0 Å². The summed E-state index contributed by atoms with van der Waals surface area (Å²) in [7, 11) is 0. The van der Waals surface area contributed by atoms with E-state index < -0.39 is 0 Å². The average molecular weight is 435 g/mol. The highest BCUT2D eigenvalue weighted by molar-refractivity contribution is 5.84. The van der Waals surface area contributed by atoms with E-state index >= 15 is 0 Å². The van der Waals surface area contributed by atoms with Crippen molar-refractivity contribution >= 4 is 10.9 Å². The first kappa shape index (κ1) is 22.5. The first-order valence-corrected chi connectivity index (χ1v) is 14.2. The molecule has 1 aromatic carbocycles. The minimum atomic E-state index is 0.726. The predicted molar refractivity (Wildman–Crippen MR) is 137 cm³/mol. The van der Waals surface area contributed by atoms with E-state index in [-0.39, 0.29) is 0 Å². The van der Waals surface area contributed by atoms with Crippen molar-refractivity contribution in [3.63, 3.8) is 0 Å². The summed E-state index contributed by atoms with van der Waals surface area (Å²) in [6.45, 7) is 2.44. The lowest BCUT2D eigenvalue weighted by molar-refractivity contribution is 0.284. The van der Waals surface area contributed by atoms with Gasteiger partial charge in [0.15, 0.2) is 0 Å². The number of hydrogen-bond donors (Lipinski definition) is 1. The van der Waals surface area contributed by atoms with Crippen LogP contribution >= 0.6 is 0 Å². The molecule has 0 saturated heterocycles. The minimum Gasteiger partial charge on any atom is -0.347 e. The van der Waals surface area contributed by atoms with Gasteiger partial charge in [-0.1, -0.05) is 76.0 Å². The maximum absolute atomic E-state index is 3.97. The number of benzene rings is 1. The molecule has 0 amide bonds. The molecule has 3 fully saturated rings. The highest BCUT2D eigenvalue weighted by Crippen LogP contribution is 2.42. The van der Waals surface area contributed by atoms with E-state index in [4.69, 9.17) is 0 Å². The fraction of sp³-hybridized carbons (Fsp3) is 0.733. The van der Waals surface area contributed by atoms with Gasteiger partial charge in [-0.05, 0) is 80.9 Å². The standard InChI is InChI=1S/C30H46N2/c1-4-12-24(13-5-1)22-32-23-29(28-18-10-11-19-30(28)32)27(25-14-6-2-7-15-25)20-21-31-26-16-8-3-9-17-26/h10-11,18-19,23-27,31H,1-9,12-17,20-22H2. The molecule has 1 heterocycles. The lowest BCUT2D eigenvalue weighted by atomic mass is 9.75. The van der Waals surface area contributed by atoms with Crippen LogP contribution in [0.2, 0.25) is 0 Å². The maximum atomic E-state index is 3.97. The SMILES string of the molecule is c1ccc2c(c1)c(C(CCNC1CCCCC1)C1CCCCC1)cn2CC1CCCCC1. The number of fused-ring (bicyclic) bond motifs is 1. The lowest BCUT2D eigenvalue weighted by Crippen LogP contribution is -2.33. The maximum Gasteiger partial charge on any atom is 0.0483 e. The van der Waals surface area contributed by atoms with Gasteiger partial charge in [0.05, 0.1) is 0 Å². The summed E-state index contributed by atoms with van der Waals surface area (Å²) in [5.41, 5.74) is 3.17. The van der Waals surface area contributed by atoms with Crippen LogP contribution in [0.15, 0.2) is 30.5 Å². The highest BCUT2D eigenvalue weighted by atomic mass is 15.0. The molecule has 3 aliphatic rings. The Morgan fingerprint density at radius 2 is 1.44 bits per heavy atom. The number of aromatic nitrogens is 1. The van der Waals surface area contributed by atoms with Crippen molar-refractivity contribution in [1.82, 2.24) is 9.88 Å². The van der Waals surface area contributed by atoms with Gasteiger partial charge in [-0.2, -0.15) is 0 Å². The van der Waals surface area contributed by atoms with Crippen LogP contribution in [-0.2, 0) is 6.54 Å². The van der Waals surface area contributed by atoms with Crippen LogP contribution in [0.25, 0.3) is 10.9 Å². The molecule has 5 rings (SSSR count). The van der Waals surface area contributed by atoms with Crippen molar-refractivity contribution in [3.05, 3.63) is 36.0 Å². The Hall–Kier alpha value is -1.28. The zero-order valence-corrected chi connectivity index (χ0v) is 20.4. The van der Waals surface area contributed by atoms with Crippen LogP contribution in [0.1, 0.15) is 114 Å². The van der Waals surface area contributed by atoms with Gasteiger partial charge in [0.1, 0.15) is 0 Å². The molecule has 2 aromatic rings. The fourth-order valence-corrected chi connectivity index (χ4v) is 7.30. The highest BCUT2D eigenvalue weighted by Gasteiger charge is 2.28. The zero-order valence-electron chi connectivity index (χ0n) is 20.4. The van der Waals surface area contributed by atoms with Gasteiger partial charge in [0.2, 0.25) is 0 Å². The van der Waals surface area contributed by atoms with Crippen LogP contribution in [0.5, 0.6) is 0 Å². The molecule has 1 unspecified atom stereocenters. The molecule has 0 bridgehead atoms. The van der Waals surface area contributed by atoms with E-state index in [2.05, 4.69) is 40.3 Å². The largest absolute Gasteiger partial charge is 0.347 e. The smallest absolute Gasteiger partial charge is 0.0483 e. The third-order valence-electron chi connectivity index (χ3n) is 9.11. The molecule has 3 aliphatic carbocycles. The van der Waals surface area contributed by atoms with Crippen molar-refractivity contribution in [2.75, 3.05) is 6.54 Å². The molecule has 1 aromatic heterocycles. The van der Waals surface area contributed by atoms with Crippen LogP contribution in [0, 0.1) is 11.8 Å². The van der Waals surface area contributed by atoms with Crippen molar-refractivity contribution < 1.29 is 0 Å². The summed E-state index contributed by atoms with van der Waals surface area (Å²) < 4.78 is 2.66. The first-order chi connectivity index (χ1) is 15.9. The van der Waals surface area contributed by atoms with Crippen molar-refractivity contribution in [2.45, 2.75) is 121 Å². The molecular weight excluding hydrogens is 388 g/mol. The molecule has 0 spiro atoms. The van der Waals surface area contributed by atoms with Crippen LogP contribution < -0.4 is 5.32 Å². The van der Waals surface area contributed by atoms with E-state index in [1.165, 1.54) is 121 Å². The molecule has 1 N–H and O–H groups in total. The van der Waals surface area contributed by atoms with Gasteiger partial charge < -0.3 is 9.88 Å². The van der Waals surface area contributed by atoms with E-state index in [1.54, 1.807) is 10.9 Å². The second kappa shape index (κ2) is 11.2. The second-order valence-corrected chi connectivity index (χ2v) is 11.3. The third kappa shape index (κ3) is 5.44. The monoisotopic (exact) mass is 434 g/mol. The van der Waals surface area contributed by atoms with Crippen molar-refractivity contribution in [1.29, 1.82) is 0 Å². The van der Waals surface area contributed by atoms with Crippen LogP contribution in [0.4, 0.5) is 0 Å². The normalized spacial score (nSPS) is 23.0. The molecule has 176 valence electrons. The Morgan fingerprint density at radius 3 is 2.19 bits per heavy atom. The molecular formula is C30H46N2.